The maximum absolute atomic E-state index is 12.5. The third kappa shape index (κ3) is 3.96. The molecule has 1 N–H and O–H groups in total. The number of carbonyl (C=O) groups excluding carboxylic acids is 1. The van der Waals surface area contributed by atoms with E-state index >= 15 is 0 Å². The predicted molar refractivity (Wildman–Crippen MR) is 110 cm³/mol. The smallest absolute Gasteiger partial charge is 0.239 e. The molecule has 2 aliphatic rings. The fraction of sp³-hybridized carbons (Fsp3) is 0.400. The Labute approximate surface area is 168 Å². The highest BCUT2D eigenvalue weighted by molar-refractivity contribution is 7.16. The van der Waals surface area contributed by atoms with Gasteiger partial charge < -0.3 is 10.2 Å². The normalized spacial score (nSPS) is 16.8. The lowest BCUT2D eigenvalue weighted by Crippen LogP contribution is -2.48. The first-order valence-corrected chi connectivity index (χ1v) is 10.4. The number of nitriles is 1. The Bertz CT molecular complexity index is 896. The van der Waals surface area contributed by atoms with Crippen molar-refractivity contribution in [2.75, 3.05) is 42.9 Å². The number of fused-ring (bicyclic) bond motifs is 1. The zero-order valence-electron chi connectivity index (χ0n) is 15.0. The minimum atomic E-state index is -0.0392. The van der Waals surface area contributed by atoms with Crippen LogP contribution >= 0.6 is 22.9 Å². The first-order chi connectivity index (χ1) is 13.1. The van der Waals surface area contributed by atoms with Crippen molar-refractivity contribution in [3.63, 3.8) is 0 Å². The number of amides is 1. The molecule has 1 amide bonds. The molecule has 0 spiro atoms. The summed E-state index contributed by atoms with van der Waals surface area (Å²) < 4.78 is 0. The Hall–Kier alpha value is -2.07. The number of hydrogen-bond donors (Lipinski definition) is 1. The fourth-order valence-electron chi connectivity index (χ4n) is 3.82. The van der Waals surface area contributed by atoms with Gasteiger partial charge in [-0.3, -0.25) is 9.69 Å². The highest BCUT2D eigenvalue weighted by Crippen LogP contribution is 2.38. The zero-order valence-corrected chi connectivity index (χ0v) is 16.6. The molecule has 27 heavy (non-hydrogen) atoms. The lowest BCUT2D eigenvalue weighted by atomic mass is 10.1. The van der Waals surface area contributed by atoms with Gasteiger partial charge in [-0.1, -0.05) is 17.7 Å². The molecule has 2 aromatic rings. The summed E-state index contributed by atoms with van der Waals surface area (Å²) in [6.07, 6.45) is 3.09. The summed E-state index contributed by atoms with van der Waals surface area (Å²) in [5.74, 6) is -0.0392. The highest BCUT2D eigenvalue weighted by Gasteiger charge is 2.24. The Morgan fingerprint density at radius 3 is 2.81 bits per heavy atom. The molecule has 0 atom stereocenters. The molecule has 2 heterocycles. The molecule has 0 unspecified atom stereocenters. The Morgan fingerprint density at radius 1 is 1.26 bits per heavy atom. The van der Waals surface area contributed by atoms with Crippen LogP contribution in [0.15, 0.2) is 24.3 Å². The van der Waals surface area contributed by atoms with Crippen molar-refractivity contribution in [1.29, 1.82) is 5.26 Å². The minimum absolute atomic E-state index is 0.0392. The molecule has 1 aliphatic carbocycles. The summed E-state index contributed by atoms with van der Waals surface area (Å²) >= 11 is 7.65. The lowest BCUT2D eigenvalue weighted by Gasteiger charge is -2.35. The van der Waals surface area contributed by atoms with Crippen molar-refractivity contribution in [3.05, 3.63) is 45.3 Å². The fourth-order valence-corrected chi connectivity index (χ4v) is 5.26. The number of piperazine rings is 1. The number of benzene rings is 1. The summed E-state index contributed by atoms with van der Waals surface area (Å²) in [7, 11) is 0. The number of rotatable bonds is 4. The second-order valence-corrected chi connectivity index (χ2v) is 8.51. The van der Waals surface area contributed by atoms with Crippen LogP contribution < -0.4 is 10.2 Å². The molecule has 7 heteroatoms. The largest absolute Gasteiger partial charge is 0.369 e. The van der Waals surface area contributed by atoms with E-state index in [9.17, 15) is 10.1 Å². The van der Waals surface area contributed by atoms with Gasteiger partial charge >= 0.3 is 0 Å². The quantitative estimate of drug-likeness (QED) is 0.853. The van der Waals surface area contributed by atoms with Gasteiger partial charge in [-0.05, 0) is 43.0 Å². The number of anilines is 2. The van der Waals surface area contributed by atoms with E-state index in [2.05, 4.69) is 27.3 Å². The Balaban J connectivity index is 1.32. The van der Waals surface area contributed by atoms with E-state index in [1.165, 1.54) is 4.88 Å². The number of nitrogens with zero attached hydrogens (tertiary/aromatic N) is 3. The third-order valence-electron chi connectivity index (χ3n) is 5.20. The molecule has 1 aromatic carbocycles. The first kappa shape index (κ1) is 18.3. The van der Waals surface area contributed by atoms with Gasteiger partial charge in [0.1, 0.15) is 11.1 Å². The summed E-state index contributed by atoms with van der Waals surface area (Å²) in [6.45, 7) is 3.74. The second-order valence-electron chi connectivity index (χ2n) is 6.96. The lowest BCUT2D eigenvalue weighted by molar-refractivity contribution is -0.117. The van der Waals surface area contributed by atoms with Gasteiger partial charge in [-0.15, -0.1) is 11.3 Å². The molecule has 5 nitrogen and oxygen atoms in total. The van der Waals surface area contributed by atoms with Gasteiger partial charge in [-0.2, -0.15) is 5.26 Å². The topological polar surface area (TPSA) is 59.4 Å². The number of aryl methyl sites for hydroxylation is 1. The molecule has 1 aliphatic heterocycles. The monoisotopic (exact) mass is 400 g/mol. The number of nitrogens with one attached hydrogen (secondary N) is 1. The van der Waals surface area contributed by atoms with Gasteiger partial charge in [0.05, 0.1) is 12.1 Å². The van der Waals surface area contributed by atoms with Crippen LogP contribution in [0.2, 0.25) is 5.02 Å². The van der Waals surface area contributed by atoms with Gasteiger partial charge in [-0.25, -0.2) is 0 Å². The first-order valence-electron chi connectivity index (χ1n) is 9.21. The Kier molecular flexibility index (Phi) is 5.35. The van der Waals surface area contributed by atoms with E-state index in [1.54, 1.807) is 11.3 Å². The van der Waals surface area contributed by atoms with Crippen LogP contribution in [0, 0.1) is 11.3 Å². The molecule has 0 radical (unpaired) electrons. The van der Waals surface area contributed by atoms with Crippen LogP contribution in [-0.4, -0.2) is 43.5 Å². The molecule has 1 aromatic heterocycles. The average molecular weight is 401 g/mol. The van der Waals surface area contributed by atoms with E-state index in [-0.39, 0.29) is 5.91 Å². The standard InChI is InChI=1S/C20H21ClN4OS/c21-14-3-1-4-15(11-14)25-9-7-24(8-10-25)13-19(26)23-20-17(12-22)16-5-2-6-18(16)27-20/h1,3-4,11H,2,5-10,13H2,(H,23,26). The van der Waals surface area contributed by atoms with Gasteiger partial charge in [0.15, 0.2) is 0 Å². The number of hydrogen-bond acceptors (Lipinski definition) is 5. The van der Waals surface area contributed by atoms with Gasteiger partial charge in [0.25, 0.3) is 0 Å². The van der Waals surface area contributed by atoms with Crippen molar-refractivity contribution in [3.8, 4) is 6.07 Å². The third-order valence-corrected chi connectivity index (χ3v) is 6.64. The highest BCUT2D eigenvalue weighted by atomic mass is 35.5. The van der Waals surface area contributed by atoms with Crippen molar-refractivity contribution in [2.45, 2.75) is 19.3 Å². The van der Waals surface area contributed by atoms with E-state index in [1.807, 2.05) is 18.2 Å². The molecule has 0 saturated carbocycles. The zero-order chi connectivity index (χ0) is 18.8. The van der Waals surface area contributed by atoms with E-state index in [0.29, 0.717) is 12.1 Å². The molecule has 0 bridgehead atoms. The molecular formula is C20H21ClN4OS. The van der Waals surface area contributed by atoms with E-state index < -0.39 is 0 Å². The van der Waals surface area contributed by atoms with E-state index in [4.69, 9.17) is 11.6 Å². The van der Waals surface area contributed by atoms with Crippen LogP contribution in [0.5, 0.6) is 0 Å². The molecule has 4 rings (SSSR count). The van der Waals surface area contributed by atoms with Crippen molar-refractivity contribution in [2.24, 2.45) is 0 Å². The van der Waals surface area contributed by atoms with Gasteiger partial charge in [0.2, 0.25) is 5.91 Å². The van der Waals surface area contributed by atoms with Gasteiger partial charge in [0, 0.05) is 41.8 Å². The number of carbonyl (C=O) groups is 1. The van der Waals surface area contributed by atoms with Crippen LogP contribution in [0.3, 0.4) is 0 Å². The maximum atomic E-state index is 12.5. The second kappa shape index (κ2) is 7.89. The van der Waals surface area contributed by atoms with Crippen molar-refractivity contribution in [1.82, 2.24) is 4.90 Å². The van der Waals surface area contributed by atoms with Crippen LogP contribution in [-0.2, 0) is 17.6 Å². The Morgan fingerprint density at radius 2 is 2.07 bits per heavy atom. The molecule has 1 saturated heterocycles. The summed E-state index contributed by atoms with van der Waals surface area (Å²) in [6, 6.07) is 10.2. The van der Waals surface area contributed by atoms with Crippen molar-refractivity contribution >= 4 is 39.5 Å². The minimum Gasteiger partial charge on any atom is -0.369 e. The molecule has 140 valence electrons. The average Bonchev–Trinajstić information content (AvgIpc) is 3.23. The van der Waals surface area contributed by atoms with E-state index in [0.717, 1.165) is 66.7 Å². The molecular weight excluding hydrogens is 380 g/mol. The maximum Gasteiger partial charge on any atom is 0.239 e. The van der Waals surface area contributed by atoms with Crippen LogP contribution in [0.1, 0.15) is 22.4 Å². The SMILES string of the molecule is N#Cc1c(NC(=O)CN2CCN(c3cccc(Cl)c3)CC2)sc2c1CCC2. The number of halogens is 1. The summed E-state index contributed by atoms with van der Waals surface area (Å²) in [5, 5.41) is 13.9. The van der Waals surface area contributed by atoms with Crippen LogP contribution in [0.4, 0.5) is 10.7 Å². The number of thiophene rings is 1. The van der Waals surface area contributed by atoms with Crippen LogP contribution in [0.25, 0.3) is 0 Å². The van der Waals surface area contributed by atoms with Crippen molar-refractivity contribution < 1.29 is 4.79 Å². The summed E-state index contributed by atoms with van der Waals surface area (Å²) in [5.41, 5.74) is 2.94. The summed E-state index contributed by atoms with van der Waals surface area (Å²) in [4.78, 5) is 18.2. The molecule has 1 fully saturated rings. The predicted octanol–water partition coefficient (Wildman–Crippen LogP) is 3.52.